The standard InChI is InChI=1S/C29H30N4O2/c1-18-10-13-24(14-11-18)33-28(30-26-9-7-6-8-25(26)29(33)34)22-12-15-27(35-5)23(16-22)17-32-21(4)19(2)20(3)31-32/h6-16,28,30H,17H2,1-5H3. The Kier molecular flexibility index (Phi) is 5.81. The number of carbonyl (C=O) groups is 1. The summed E-state index contributed by atoms with van der Waals surface area (Å²) in [5.74, 6) is 0.767. The highest BCUT2D eigenvalue weighted by Crippen LogP contribution is 2.38. The monoisotopic (exact) mass is 466 g/mol. The molecule has 0 aliphatic carbocycles. The number of nitrogens with zero attached hydrogens (tertiary/aromatic N) is 3. The molecule has 6 heteroatoms. The van der Waals surface area contributed by atoms with Gasteiger partial charge in [-0.2, -0.15) is 5.10 Å². The summed E-state index contributed by atoms with van der Waals surface area (Å²) in [5, 5.41) is 8.32. The zero-order chi connectivity index (χ0) is 24.7. The molecule has 1 amide bonds. The van der Waals surface area contributed by atoms with E-state index in [2.05, 4.69) is 25.2 Å². The van der Waals surface area contributed by atoms with Crippen LogP contribution >= 0.6 is 0 Å². The number of carbonyl (C=O) groups excluding carboxylic acids is 1. The average Bonchev–Trinajstić information content (AvgIpc) is 3.11. The summed E-state index contributed by atoms with van der Waals surface area (Å²) < 4.78 is 7.71. The van der Waals surface area contributed by atoms with Crippen LogP contribution in [0.3, 0.4) is 0 Å². The number of benzene rings is 3. The van der Waals surface area contributed by atoms with Crippen molar-refractivity contribution in [2.75, 3.05) is 17.3 Å². The summed E-state index contributed by atoms with van der Waals surface area (Å²) in [7, 11) is 1.68. The van der Waals surface area contributed by atoms with Gasteiger partial charge < -0.3 is 10.1 Å². The van der Waals surface area contributed by atoms with Crippen LogP contribution in [0, 0.1) is 27.7 Å². The lowest BCUT2D eigenvalue weighted by Gasteiger charge is -2.38. The minimum Gasteiger partial charge on any atom is -0.496 e. The van der Waals surface area contributed by atoms with E-state index >= 15 is 0 Å². The molecule has 0 fully saturated rings. The second kappa shape index (κ2) is 8.95. The van der Waals surface area contributed by atoms with Crippen LogP contribution < -0.4 is 15.0 Å². The zero-order valence-electron chi connectivity index (χ0n) is 20.8. The van der Waals surface area contributed by atoms with E-state index in [-0.39, 0.29) is 12.1 Å². The third-order valence-corrected chi connectivity index (χ3v) is 6.92. The number of rotatable bonds is 5. The van der Waals surface area contributed by atoms with Gasteiger partial charge in [-0.05, 0) is 75.2 Å². The molecule has 4 aromatic rings. The summed E-state index contributed by atoms with van der Waals surface area (Å²) in [6.45, 7) is 8.84. The summed E-state index contributed by atoms with van der Waals surface area (Å²) in [5.41, 5.74) is 8.83. The molecule has 3 aromatic carbocycles. The van der Waals surface area contributed by atoms with Crippen LogP contribution in [-0.2, 0) is 6.54 Å². The molecule has 35 heavy (non-hydrogen) atoms. The van der Waals surface area contributed by atoms with Crippen LogP contribution in [-0.4, -0.2) is 22.8 Å². The molecular formula is C29H30N4O2. The van der Waals surface area contributed by atoms with Gasteiger partial charge in [0.1, 0.15) is 11.9 Å². The van der Waals surface area contributed by atoms with E-state index in [1.807, 2.05) is 84.1 Å². The second-order valence-corrected chi connectivity index (χ2v) is 9.13. The number of hydrogen-bond donors (Lipinski definition) is 1. The first-order valence-electron chi connectivity index (χ1n) is 11.8. The van der Waals surface area contributed by atoms with E-state index in [4.69, 9.17) is 9.84 Å². The summed E-state index contributed by atoms with van der Waals surface area (Å²) in [6, 6.07) is 21.8. The molecule has 1 N–H and O–H groups in total. The highest BCUT2D eigenvalue weighted by Gasteiger charge is 2.34. The van der Waals surface area contributed by atoms with Gasteiger partial charge in [0.15, 0.2) is 0 Å². The van der Waals surface area contributed by atoms with E-state index in [9.17, 15) is 4.79 Å². The largest absolute Gasteiger partial charge is 0.496 e. The number of para-hydroxylation sites is 1. The molecule has 0 spiro atoms. The third kappa shape index (κ3) is 4.05. The third-order valence-electron chi connectivity index (χ3n) is 6.92. The molecule has 1 aliphatic heterocycles. The summed E-state index contributed by atoms with van der Waals surface area (Å²) >= 11 is 0. The van der Waals surface area contributed by atoms with Crippen molar-refractivity contribution in [3.63, 3.8) is 0 Å². The Hall–Kier alpha value is -4.06. The summed E-state index contributed by atoms with van der Waals surface area (Å²) in [6.07, 6.45) is -0.369. The van der Waals surface area contributed by atoms with Crippen molar-refractivity contribution in [2.45, 2.75) is 40.4 Å². The van der Waals surface area contributed by atoms with Crippen molar-refractivity contribution >= 4 is 17.3 Å². The van der Waals surface area contributed by atoms with Crippen molar-refractivity contribution in [3.8, 4) is 5.75 Å². The topological polar surface area (TPSA) is 59.4 Å². The lowest BCUT2D eigenvalue weighted by atomic mass is 10.0. The molecular weight excluding hydrogens is 436 g/mol. The Bertz CT molecular complexity index is 1400. The maximum atomic E-state index is 13.7. The van der Waals surface area contributed by atoms with Crippen LogP contribution in [0.2, 0.25) is 0 Å². The van der Waals surface area contributed by atoms with E-state index in [0.717, 1.165) is 45.2 Å². The Morgan fingerprint density at radius 1 is 0.971 bits per heavy atom. The fraction of sp³-hybridized carbons (Fsp3) is 0.241. The van der Waals surface area contributed by atoms with Gasteiger partial charge in [0.25, 0.3) is 5.91 Å². The molecule has 0 radical (unpaired) electrons. The molecule has 1 aromatic heterocycles. The molecule has 0 saturated heterocycles. The summed E-state index contributed by atoms with van der Waals surface area (Å²) in [4.78, 5) is 15.6. The first-order valence-corrected chi connectivity index (χ1v) is 11.8. The van der Waals surface area contributed by atoms with E-state index < -0.39 is 0 Å². The number of ether oxygens (including phenoxy) is 1. The van der Waals surface area contributed by atoms with Crippen molar-refractivity contribution < 1.29 is 9.53 Å². The van der Waals surface area contributed by atoms with Crippen molar-refractivity contribution in [1.82, 2.24) is 9.78 Å². The van der Waals surface area contributed by atoms with Gasteiger partial charge in [-0.15, -0.1) is 0 Å². The minimum absolute atomic E-state index is 0.0280. The predicted molar refractivity (Wildman–Crippen MR) is 139 cm³/mol. The van der Waals surface area contributed by atoms with E-state index in [0.29, 0.717) is 12.1 Å². The molecule has 6 nitrogen and oxygen atoms in total. The molecule has 1 aliphatic rings. The molecule has 2 heterocycles. The predicted octanol–water partition coefficient (Wildman–Crippen LogP) is 5.94. The van der Waals surface area contributed by atoms with Gasteiger partial charge in [-0.1, -0.05) is 35.9 Å². The Morgan fingerprint density at radius 2 is 1.71 bits per heavy atom. The smallest absolute Gasteiger partial charge is 0.262 e. The number of aromatic nitrogens is 2. The first kappa shape index (κ1) is 22.7. The maximum Gasteiger partial charge on any atom is 0.262 e. The van der Waals surface area contributed by atoms with Gasteiger partial charge in [0.2, 0.25) is 0 Å². The van der Waals surface area contributed by atoms with Crippen LogP contribution in [0.25, 0.3) is 0 Å². The van der Waals surface area contributed by atoms with Crippen LogP contribution in [0.4, 0.5) is 11.4 Å². The number of nitrogens with one attached hydrogen (secondary N) is 1. The normalized spacial score (nSPS) is 15.1. The van der Waals surface area contributed by atoms with Crippen molar-refractivity contribution in [3.05, 3.63) is 106 Å². The van der Waals surface area contributed by atoms with E-state index in [1.54, 1.807) is 7.11 Å². The minimum atomic E-state index is -0.369. The van der Waals surface area contributed by atoms with E-state index in [1.165, 1.54) is 5.56 Å². The first-order chi connectivity index (χ1) is 16.9. The van der Waals surface area contributed by atoms with Gasteiger partial charge in [0.05, 0.1) is 24.9 Å². The van der Waals surface area contributed by atoms with Gasteiger partial charge in [0, 0.05) is 22.6 Å². The highest BCUT2D eigenvalue weighted by atomic mass is 16.5. The van der Waals surface area contributed by atoms with Crippen LogP contribution in [0.15, 0.2) is 66.7 Å². The Balaban J connectivity index is 1.60. The lowest BCUT2D eigenvalue weighted by Crippen LogP contribution is -2.43. The molecule has 1 atom stereocenters. The molecule has 0 saturated carbocycles. The zero-order valence-corrected chi connectivity index (χ0v) is 20.8. The highest BCUT2D eigenvalue weighted by molar-refractivity contribution is 6.12. The van der Waals surface area contributed by atoms with Crippen LogP contribution in [0.1, 0.15) is 50.2 Å². The number of methoxy groups -OCH3 is 1. The lowest BCUT2D eigenvalue weighted by molar-refractivity contribution is 0.0975. The van der Waals surface area contributed by atoms with Gasteiger partial charge >= 0.3 is 0 Å². The Morgan fingerprint density at radius 3 is 2.40 bits per heavy atom. The second-order valence-electron chi connectivity index (χ2n) is 9.13. The van der Waals surface area contributed by atoms with Crippen molar-refractivity contribution in [2.24, 2.45) is 0 Å². The fourth-order valence-electron chi connectivity index (χ4n) is 4.65. The molecule has 5 rings (SSSR count). The number of fused-ring (bicyclic) bond motifs is 1. The van der Waals surface area contributed by atoms with Crippen LogP contribution in [0.5, 0.6) is 5.75 Å². The van der Waals surface area contributed by atoms with Gasteiger partial charge in [-0.25, -0.2) is 0 Å². The number of amides is 1. The Labute approximate surface area is 206 Å². The number of hydrogen-bond acceptors (Lipinski definition) is 4. The van der Waals surface area contributed by atoms with Gasteiger partial charge in [-0.3, -0.25) is 14.4 Å². The molecule has 0 bridgehead atoms. The molecule has 1 unspecified atom stereocenters. The van der Waals surface area contributed by atoms with Crippen molar-refractivity contribution in [1.29, 1.82) is 0 Å². The number of aryl methyl sites for hydroxylation is 2. The SMILES string of the molecule is COc1ccc(C2Nc3ccccc3C(=O)N2c2ccc(C)cc2)cc1Cn1nc(C)c(C)c1C. The maximum absolute atomic E-state index is 13.7. The molecule has 178 valence electrons. The fourth-order valence-corrected chi connectivity index (χ4v) is 4.65. The quantitative estimate of drug-likeness (QED) is 0.395. The number of anilines is 2. The average molecular weight is 467 g/mol.